The Hall–Kier alpha value is -2.62. The van der Waals surface area contributed by atoms with Crippen molar-refractivity contribution in [3.8, 4) is 0 Å². The van der Waals surface area contributed by atoms with Gasteiger partial charge in [0.25, 0.3) is 5.91 Å². The fourth-order valence-corrected chi connectivity index (χ4v) is 5.13. The highest BCUT2D eigenvalue weighted by molar-refractivity contribution is 6.30. The highest BCUT2D eigenvalue weighted by atomic mass is 35.5. The normalized spacial score (nSPS) is 18.6. The van der Waals surface area contributed by atoms with Crippen LogP contribution in [-0.2, 0) is 6.54 Å². The van der Waals surface area contributed by atoms with Crippen LogP contribution in [0.4, 0.5) is 0 Å². The fourth-order valence-electron chi connectivity index (χ4n) is 5.01. The van der Waals surface area contributed by atoms with Crippen molar-refractivity contribution >= 4 is 17.5 Å². The smallest absolute Gasteiger partial charge is 0.254 e. The molecule has 0 spiro atoms. The molecular formula is C29H33ClN2O. The number of hydrogen-bond donors (Lipinski definition) is 0. The molecule has 0 radical (unpaired) electrons. The number of rotatable bonds is 7. The molecule has 3 aromatic rings. The van der Waals surface area contributed by atoms with Crippen LogP contribution in [-0.4, -0.2) is 41.4 Å². The molecule has 1 saturated heterocycles. The van der Waals surface area contributed by atoms with Gasteiger partial charge < -0.3 is 4.90 Å². The van der Waals surface area contributed by atoms with Gasteiger partial charge in [-0.3, -0.25) is 9.69 Å². The topological polar surface area (TPSA) is 23.6 Å². The minimum absolute atomic E-state index is 0.116. The number of carbonyl (C=O) groups excluding carboxylic acids is 1. The molecule has 3 nitrogen and oxygen atoms in total. The summed E-state index contributed by atoms with van der Waals surface area (Å²) in [5.41, 5.74) is 4.75. The standard InChI is InChI=1S/C29H33ClN2O/c1-21(2)32(29(33)24-10-5-4-6-11-24)19-25-18-31(17-23-13-15-26(30)16-14-23)20-28(25)27-12-8-7-9-22(27)3/h4-16,21,25,28H,17-20H2,1-3H3/t25-,28-/m0/s1. The van der Waals surface area contributed by atoms with Gasteiger partial charge in [-0.05, 0) is 67.6 Å². The first-order valence-electron chi connectivity index (χ1n) is 11.8. The monoisotopic (exact) mass is 460 g/mol. The number of benzene rings is 3. The van der Waals surface area contributed by atoms with E-state index in [0.29, 0.717) is 11.8 Å². The number of nitrogens with zero attached hydrogens (tertiary/aromatic N) is 2. The lowest BCUT2D eigenvalue weighted by Crippen LogP contribution is -2.42. The van der Waals surface area contributed by atoms with Gasteiger partial charge in [-0.2, -0.15) is 0 Å². The van der Waals surface area contributed by atoms with Gasteiger partial charge in [-0.1, -0.05) is 66.2 Å². The zero-order valence-electron chi connectivity index (χ0n) is 19.7. The number of likely N-dealkylation sites (tertiary alicyclic amines) is 1. The van der Waals surface area contributed by atoms with E-state index in [-0.39, 0.29) is 11.9 Å². The van der Waals surface area contributed by atoms with Crippen molar-refractivity contribution in [3.05, 3.63) is 106 Å². The minimum atomic E-state index is 0.116. The molecule has 0 N–H and O–H groups in total. The molecule has 1 amide bonds. The predicted octanol–water partition coefficient (Wildman–Crippen LogP) is 6.41. The Balaban J connectivity index is 1.58. The molecule has 1 aliphatic rings. The Morgan fingerprint density at radius 3 is 2.30 bits per heavy atom. The third-order valence-electron chi connectivity index (χ3n) is 6.76. The Bertz CT molecular complexity index is 1060. The van der Waals surface area contributed by atoms with E-state index in [2.05, 4.69) is 67.0 Å². The maximum absolute atomic E-state index is 13.4. The second kappa shape index (κ2) is 10.5. The van der Waals surface area contributed by atoms with Gasteiger partial charge in [0.05, 0.1) is 0 Å². The molecule has 0 unspecified atom stereocenters. The van der Waals surface area contributed by atoms with Crippen LogP contribution >= 0.6 is 11.6 Å². The lowest BCUT2D eigenvalue weighted by Gasteiger charge is -2.32. The van der Waals surface area contributed by atoms with Crippen molar-refractivity contribution in [1.82, 2.24) is 9.80 Å². The predicted molar refractivity (Wildman–Crippen MR) is 137 cm³/mol. The summed E-state index contributed by atoms with van der Waals surface area (Å²) in [6, 6.07) is 26.6. The molecule has 33 heavy (non-hydrogen) atoms. The fraction of sp³-hybridized carbons (Fsp3) is 0.345. The van der Waals surface area contributed by atoms with Crippen molar-refractivity contribution in [2.24, 2.45) is 5.92 Å². The van der Waals surface area contributed by atoms with Gasteiger partial charge in [-0.25, -0.2) is 0 Å². The van der Waals surface area contributed by atoms with Crippen LogP contribution in [0.25, 0.3) is 0 Å². The zero-order valence-corrected chi connectivity index (χ0v) is 20.5. The third kappa shape index (κ3) is 5.66. The number of halogens is 1. The highest BCUT2D eigenvalue weighted by Gasteiger charge is 2.37. The summed E-state index contributed by atoms with van der Waals surface area (Å²) in [6.45, 7) is 10.0. The van der Waals surface area contributed by atoms with Gasteiger partial charge in [0, 0.05) is 48.7 Å². The van der Waals surface area contributed by atoms with Crippen molar-refractivity contribution in [1.29, 1.82) is 0 Å². The second-order valence-electron chi connectivity index (χ2n) is 9.46. The molecule has 0 aromatic heterocycles. The van der Waals surface area contributed by atoms with E-state index in [1.54, 1.807) is 0 Å². The van der Waals surface area contributed by atoms with E-state index < -0.39 is 0 Å². The zero-order chi connectivity index (χ0) is 23.4. The summed E-state index contributed by atoms with van der Waals surface area (Å²) in [7, 11) is 0. The summed E-state index contributed by atoms with van der Waals surface area (Å²) in [6.07, 6.45) is 0. The molecule has 0 aliphatic carbocycles. The summed E-state index contributed by atoms with van der Waals surface area (Å²) in [5.74, 6) is 0.877. The van der Waals surface area contributed by atoms with Crippen LogP contribution < -0.4 is 0 Å². The van der Waals surface area contributed by atoms with Crippen LogP contribution in [0.15, 0.2) is 78.9 Å². The summed E-state index contributed by atoms with van der Waals surface area (Å²) >= 11 is 6.09. The number of carbonyl (C=O) groups is 1. The molecular weight excluding hydrogens is 428 g/mol. The summed E-state index contributed by atoms with van der Waals surface area (Å²) in [5, 5.41) is 0.767. The van der Waals surface area contributed by atoms with Gasteiger partial charge in [0.2, 0.25) is 0 Å². The average Bonchev–Trinajstić information content (AvgIpc) is 3.21. The van der Waals surface area contributed by atoms with E-state index in [1.165, 1.54) is 16.7 Å². The number of aryl methyl sites for hydroxylation is 1. The molecule has 2 atom stereocenters. The van der Waals surface area contributed by atoms with Crippen molar-refractivity contribution in [2.45, 2.75) is 39.3 Å². The molecule has 0 saturated carbocycles. The third-order valence-corrected chi connectivity index (χ3v) is 7.01. The Morgan fingerprint density at radius 1 is 0.970 bits per heavy atom. The van der Waals surface area contributed by atoms with Gasteiger partial charge in [-0.15, -0.1) is 0 Å². The maximum atomic E-state index is 13.4. The van der Waals surface area contributed by atoms with Crippen LogP contribution in [0, 0.1) is 12.8 Å². The van der Waals surface area contributed by atoms with E-state index in [4.69, 9.17) is 11.6 Å². The first-order chi connectivity index (χ1) is 15.9. The van der Waals surface area contributed by atoms with Crippen molar-refractivity contribution < 1.29 is 4.79 Å². The molecule has 1 heterocycles. The average molecular weight is 461 g/mol. The van der Waals surface area contributed by atoms with Crippen LogP contribution in [0.1, 0.15) is 46.8 Å². The summed E-state index contributed by atoms with van der Waals surface area (Å²) in [4.78, 5) is 18.0. The lowest BCUT2D eigenvalue weighted by atomic mass is 9.86. The number of amides is 1. The minimum Gasteiger partial charge on any atom is -0.336 e. The van der Waals surface area contributed by atoms with Crippen molar-refractivity contribution in [3.63, 3.8) is 0 Å². The van der Waals surface area contributed by atoms with Crippen LogP contribution in [0.5, 0.6) is 0 Å². The first kappa shape index (κ1) is 23.5. The Kier molecular flexibility index (Phi) is 7.52. The van der Waals surface area contributed by atoms with E-state index in [9.17, 15) is 4.79 Å². The number of hydrogen-bond acceptors (Lipinski definition) is 2. The maximum Gasteiger partial charge on any atom is 0.254 e. The Morgan fingerprint density at radius 2 is 1.64 bits per heavy atom. The molecule has 4 rings (SSSR count). The summed E-state index contributed by atoms with van der Waals surface area (Å²) < 4.78 is 0. The molecule has 0 bridgehead atoms. The molecule has 3 aromatic carbocycles. The highest BCUT2D eigenvalue weighted by Crippen LogP contribution is 2.36. The quantitative estimate of drug-likeness (QED) is 0.406. The van der Waals surface area contributed by atoms with Crippen LogP contribution in [0.3, 0.4) is 0 Å². The van der Waals surface area contributed by atoms with E-state index in [1.807, 2.05) is 42.5 Å². The molecule has 172 valence electrons. The molecule has 1 fully saturated rings. The SMILES string of the molecule is Cc1ccccc1[C@H]1CN(Cc2ccc(Cl)cc2)C[C@H]1CN(C(=O)c1ccccc1)C(C)C. The second-order valence-corrected chi connectivity index (χ2v) is 9.90. The van der Waals surface area contributed by atoms with Crippen LogP contribution in [0.2, 0.25) is 5.02 Å². The Labute approximate surface area is 203 Å². The molecule has 4 heteroatoms. The van der Waals surface area contributed by atoms with Gasteiger partial charge in [0.15, 0.2) is 0 Å². The van der Waals surface area contributed by atoms with Gasteiger partial charge >= 0.3 is 0 Å². The van der Waals surface area contributed by atoms with Crippen molar-refractivity contribution in [2.75, 3.05) is 19.6 Å². The largest absolute Gasteiger partial charge is 0.336 e. The van der Waals surface area contributed by atoms with E-state index >= 15 is 0 Å². The molecule has 1 aliphatic heterocycles. The first-order valence-corrected chi connectivity index (χ1v) is 12.2. The van der Waals surface area contributed by atoms with Gasteiger partial charge in [0.1, 0.15) is 0 Å². The van der Waals surface area contributed by atoms with E-state index in [0.717, 1.165) is 36.8 Å². The lowest BCUT2D eigenvalue weighted by molar-refractivity contribution is 0.0668.